The molecular formula is C14H20FN3O2. The zero-order valence-electron chi connectivity index (χ0n) is 11.5. The van der Waals surface area contributed by atoms with E-state index in [-0.39, 0.29) is 17.4 Å². The largest absolute Gasteiger partial charge is 0.365 e. The second-order valence-corrected chi connectivity index (χ2v) is 5.33. The lowest BCUT2D eigenvalue weighted by atomic mass is 9.84. The highest BCUT2D eigenvalue weighted by Gasteiger charge is 2.21. The van der Waals surface area contributed by atoms with Crippen molar-refractivity contribution in [3.8, 4) is 0 Å². The SMILES string of the molecule is C[C@@H](Nc1ncc(C(=O)NO)cc1F)C1CCCCC1. The fraction of sp³-hybridized carbons (Fsp3) is 0.571. The Morgan fingerprint density at radius 1 is 1.45 bits per heavy atom. The molecule has 20 heavy (non-hydrogen) atoms. The first-order chi connectivity index (χ1) is 9.61. The molecule has 2 rings (SSSR count). The van der Waals surface area contributed by atoms with Crippen molar-refractivity contribution in [2.45, 2.75) is 45.1 Å². The lowest BCUT2D eigenvalue weighted by Gasteiger charge is -2.28. The molecule has 1 atom stereocenters. The molecule has 0 unspecified atom stereocenters. The standard InChI is InChI=1S/C14H20FN3O2/c1-9(10-5-3-2-4-6-10)17-13-12(15)7-11(8-16-13)14(19)18-20/h7-10,20H,2-6H2,1H3,(H,16,17)(H,18,19)/t9-/m1/s1. The Bertz CT molecular complexity index is 475. The fourth-order valence-electron chi connectivity index (χ4n) is 2.70. The maximum absolute atomic E-state index is 13.9. The summed E-state index contributed by atoms with van der Waals surface area (Å²) in [5.41, 5.74) is 1.44. The number of nitrogens with one attached hydrogen (secondary N) is 2. The first kappa shape index (κ1) is 14.7. The highest BCUT2D eigenvalue weighted by molar-refractivity contribution is 5.93. The number of hydrogen-bond acceptors (Lipinski definition) is 4. The van der Waals surface area contributed by atoms with Gasteiger partial charge in [-0.05, 0) is 31.7 Å². The molecule has 0 spiro atoms. The number of hydroxylamine groups is 1. The first-order valence-corrected chi connectivity index (χ1v) is 6.98. The average Bonchev–Trinajstić information content (AvgIpc) is 2.49. The van der Waals surface area contributed by atoms with Gasteiger partial charge in [0.15, 0.2) is 11.6 Å². The average molecular weight is 281 g/mol. The van der Waals surface area contributed by atoms with Gasteiger partial charge in [-0.25, -0.2) is 14.9 Å². The molecule has 0 radical (unpaired) electrons. The van der Waals surface area contributed by atoms with Crippen molar-refractivity contribution in [1.29, 1.82) is 0 Å². The summed E-state index contributed by atoms with van der Waals surface area (Å²) in [6, 6.07) is 1.21. The second-order valence-electron chi connectivity index (χ2n) is 5.33. The van der Waals surface area contributed by atoms with Crippen LogP contribution in [0.3, 0.4) is 0 Å². The van der Waals surface area contributed by atoms with E-state index < -0.39 is 11.7 Å². The molecule has 3 N–H and O–H groups in total. The highest BCUT2D eigenvalue weighted by Crippen LogP contribution is 2.28. The Labute approximate surface area is 117 Å². The molecular weight excluding hydrogens is 261 g/mol. The van der Waals surface area contributed by atoms with E-state index in [2.05, 4.69) is 10.3 Å². The summed E-state index contributed by atoms with van der Waals surface area (Å²) in [6.07, 6.45) is 7.28. The quantitative estimate of drug-likeness (QED) is 0.586. The van der Waals surface area contributed by atoms with Crippen LogP contribution in [0.25, 0.3) is 0 Å². The first-order valence-electron chi connectivity index (χ1n) is 6.98. The van der Waals surface area contributed by atoms with Gasteiger partial charge >= 0.3 is 0 Å². The molecule has 1 aromatic rings. The van der Waals surface area contributed by atoms with Crippen molar-refractivity contribution in [3.05, 3.63) is 23.6 Å². The van der Waals surface area contributed by atoms with Crippen LogP contribution in [0.15, 0.2) is 12.3 Å². The number of anilines is 1. The number of pyridine rings is 1. The predicted molar refractivity (Wildman–Crippen MR) is 73.1 cm³/mol. The van der Waals surface area contributed by atoms with Crippen molar-refractivity contribution in [1.82, 2.24) is 10.5 Å². The van der Waals surface area contributed by atoms with Crippen LogP contribution >= 0.6 is 0 Å². The van der Waals surface area contributed by atoms with E-state index in [1.54, 1.807) is 0 Å². The van der Waals surface area contributed by atoms with Gasteiger partial charge in [0, 0.05) is 12.2 Å². The molecule has 1 aliphatic rings. The van der Waals surface area contributed by atoms with Crippen molar-refractivity contribution in [3.63, 3.8) is 0 Å². The Kier molecular flexibility index (Phi) is 4.89. The van der Waals surface area contributed by atoms with Crippen LogP contribution in [-0.4, -0.2) is 22.1 Å². The minimum absolute atomic E-state index is 0.0131. The number of rotatable bonds is 4. The van der Waals surface area contributed by atoms with Crippen LogP contribution in [0.5, 0.6) is 0 Å². The van der Waals surface area contributed by atoms with Gasteiger partial charge in [0.1, 0.15) is 0 Å². The molecule has 0 bridgehead atoms. The smallest absolute Gasteiger partial charge is 0.276 e. The summed E-state index contributed by atoms with van der Waals surface area (Å²) in [7, 11) is 0. The van der Waals surface area contributed by atoms with Gasteiger partial charge in [0.05, 0.1) is 5.56 Å². The number of amides is 1. The monoisotopic (exact) mass is 281 g/mol. The van der Waals surface area contributed by atoms with Gasteiger partial charge in [-0.15, -0.1) is 0 Å². The van der Waals surface area contributed by atoms with E-state index in [0.717, 1.165) is 18.9 Å². The molecule has 5 nitrogen and oxygen atoms in total. The van der Waals surface area contributed by atoms with Gasteiger partial charge in [-0.2, -0.15) is 0 Å². The van der Waals surface area contributed by atoms with Gasteiger partial charge in [0.25, 0.3) is 5.91 Å². The Balaban J connectivity index is 2.03. The summed E-state index contributed by atoms with van der Waals surface area (Å²) >= 11 is 0. The van der Waals surface area contributed by atoms with Crippen molar-refractivity contribution in [2.75, 3.05) is 5.32 Å². The fourth-order valence-corrected chi connectivity index (χ4v) is 2.70. The molecule has 6 heteroatoms. The lowest BCUT2D eigenvalue weighted by Crippen LogP contribution is -2.28. The summed E-state index contributed by atoms with van der Waals surface area (Å²) in [5, 5.41) is 11.6. The third kappa shape index (κ3) is 3.45. The van der Waals surface area contributed by atoms with E-state index in [9.17, 15) is 9.18 Å². The van der Waals surface area contributed by atoms with Crippen LogP contribution in [0.1, 0.15) is 49.4 Å². The topological polar surface area (TPSA) is 74.2 Å². The molecule has 0 aliphatic heterocycles. The Hall–Kier alpha value is -1.69. The third-order valence-electron chi connectivity index (χ3n) is 3.93. The zero-order chi connectivity index (χ0) is 14.5. The van der Waals surface area contributed by atoms with Gasteiger partial charge in [-0.1, -0.05) is 19.3 Å². The van der Waals surface area contributed by atoms with Gasteiger partial charge < -0.3 is 5.32 Å². The molecule has 0 saturated heterocycles. The molecule has 1 amide bonds. The van der Waals surface area contributed by atoms with E-state index in [1.165, 1.54) is 30.9 Å². The summed E-state index contributed by atoms with van der Waals surface area (Å²) in [5.74, 6) is -0.681. The van der Waals surface area contributed by atoms with Gasteiger partial charge in [0.2, 0.25) is 0 Å². The molecule has 0 aromatic carbocycles. The van der Waals surface area contributed by atoms with Crippen LogP contribution < -0.4 is 10.8 Å². The normalized spacial score (nSPS) is 17.6. The highest BCUT2D eigenvalue weighted by atomic mass is 19.1. The minimum atomic E-state index is -0.775. The Morgan fingerprint density at radius 3 is 2.75 bits per heavy atom. The Morgan fingerprint density at radius 2 is 2.15 bits per heavy atom. The van der Waals surface area contributed by atoms with Crippen LogP contribution in [0.2, 0.25) is 0 Å². The number of carbonyl (C=O) groups excluding carboxylic acids is 1. The van der Waals surface area contributed by atoms with Crippen molar-refractivity contribution in [2.24, 2.45) is 5.92 Å². The maximum Gasteiger partial charge on any atom is 0.276 e. The van der Waals surface area contributed by atoms with E-state index >= 15 is 0 Å². The van der Waals surface area contributed by atoms with Crippen LogP contribution in [-0.2, 0) is 0 Å². The molecule has 1 heterocycles. The lowest BCUT2D eigenvalue weighted by molar-refractivity contribution is 0.0705. The molecule has 110 valence electrons. The van der Waals surface area contributed by atoms with E-state index in [4.69, 9.17) is 5.21 Å². The van der Waals surface area contributed by atoms with Crippen LogP contribution in [0.4, 0.5) is 10.2 Å². The van der Waals surface area contributed by atoms with Crippen LogP contribution in [0, 0.1) is 11.7 Å². The van der Waals surface area contributed by atoms with Gasteiger partial charge in [-0.3, -0.25) is 10.0 Å². The van der Waals surface area contributed by atoms with E-state index in [1.807, 2.05) is 6.92 Å². The molecule has 1 saturated carbocycles. The predicted octanol–water partition coefficient (Wildman–Crippen LogP) is 2.72. The van der Waals surface area contributed by atoms with E-state index in [0.29, 0.717) is 5.92 Å². The molecule has 1 fully saturated rings. The summed E-state index contributed by atoms with van der Waals surface area (Å²) in [4.78, 5) is 15.1. The number of hydrogen-bond donors (Lipinski definition) is 3. The third-order valence-corrected chi connectivity index (χ3v) is 3.93. The van der Waals surface area contributed by atoms with Crippen molar-refractivity contribution >= 4 is 11.7 Å². The number of carbonyl (C=O) groups is 1. The molecule has 1 aromatic heterocycles. The number of halogens is 1. The maximum atomic E-state index is 13.9. The number of nitrogens with zero attached hydrogens (tertiary/aromatic N) is 1. The van der Waals surface area contributed by atoms with Crippen molar-refractivity contribution < 1.29 is 14.4 Å². The second kappa shape index (κ2) is 6.65. The summed E-state index contributed by atoms with van der Waals surface area (Å²) < 4.78 is 13.9. The minimum Gasteiger partial charge on any atom is -0.365 e. The zero-order valence-corrected chi connectivity index (χ0v) is 11.5. The summed E-state index contributed by atoms with van der Waals surface area (Å²) in [6.45, 7) is 2.03. The number of aromatic nitrogens is 1. The molecule has 1 aliphatic carbocycles.